The smallest absolute Gasteiger partial charge is 0.206 e. The molecule has 23 heavy (non-hydrogen) atoms. The predicted octanol–water partition coefficient (Wildman–Crippen LogP) is 3.22. The van der Waals surface area contributed by atoms with Crippen LogP contribution >= 0.6 is 0 Å². The number of hydrogen-bond acceptors (Lipinski definition) is 4. The van der Waals surface area contributed by atoms with E-state index in [1.165, 1.54) is 0 Å². The Bertz CT molecular complexity index is 988. The molecule has 0 spiro atoms. The zero-order valence-corrected chi connectivity index (χ0v) is 13.6. The first-order chi connectivity index (χ1) is 11.1. The minimum Gasteiger partial charge on any atom is -0.460 e. The predicted molar refractivity (Wildman–Crippen MR) is 88.3 cm³/mol. The number of rotatable bonds is 2. The molecule has 4 nitrogen and oxygen atoms in total. The molecule has 1 aliphatic rings. The first-order valence-electron chi connectivity index (χ1n) is 7.63. The van der Waals surface area contributed by atoms with Crippen molar-refractivity contribution in [1.29, 1.82) is 0 Å². The summed E-state index contributed by atoms with van der Waals surface area (Å²) in [5.41, 5.74) is 2.73. The molecule has 3 aromatic rings. The maximum atomic E-state index is 12.9. The summed E-state index contributed by atoms with van der Waals surface area (Å²) in [4.78, 5) is 0.636. The van der Waals surface area contributed by atoms with E-state index in [1.54, 1.807) is 36.4 Å². The van der Waals surface area contributed by atoms with Gasteiger partial charge in [-0.3, -0.25) is 0 Å². The molecule has 4 rings (SSSR count). The third-order valence-electron chi connectivity index (χ3n) is 4.33. The largest absolute Gasteiger partial charge is 0.460 e. The van der Waals surface area contributed by atoms with Crippen molar-refractivity contribution in [2.24, 2.45) is 0 Å². The lowest BCUT2D eigenvalue weighted by molar-refractivity contribution is 0.499. The van der Waals surface area contributed by atoms with Crippen molar-refractivity contribution in [2.45, 2.75) is 29.7 Å². The highest BCUT2D eigenvalue weighted by Gasteiger charge is 2.23. The Labute approximate surface area is 135 Å². The van der Waals surface area contributed by atoms with Gasteiger partial charge in [-0.25, -0.2) is 8.42 Å². The van der Waals surface area contributed by atoms with Gasteiger partial charge < -0.3 is 9.73 Å². The molecule has 0 saturated carbocycles. The van der Waals surface area contributed by atoms with Crippen LogP contribution in [0.25, 0.3) is 11.0 Å². The van der Waals surface area contributed by atoms with Crippen LogP contribution in [0, 0.1) is 6.92 Å². The molecule has 0 saturated heterocycles. The molecule has 0 atom stereocenters. The van der Waals surface area contributed by atoms with E-state index in [1.807, 2.05) is 13.0 Å². The average molecular weight is 327 g/mol. The molecule has 0 amide bonds. The van der Waals surface area contributed by atoms with E-state index < -0.39 is 9.84 Å². The van der Waals surface area contributed by atoms with Gasteiger partial charge in [-0.2, -0.15) is 0 Å². The van der Waals surface area contributed by atoms with Crippen LogP contribution in [-0.2, 0) is 22.8 Å². The van der Waals surface area contributed by atoms with E-state index in [0.29, 0.717) is 9.79 Å². The Balaban J connectivity index is 1.95. The van der Waals surface area contributed by atoms with Crippen LogP contribution in [0.5, 0.6) is 0 Å². The molecule has 2 aromatic carbocycles. The summed E-state index contributed by atoms with van der Waals surface area (Å²) in [5, 5.41) is 4.22. The molecule has 5 heteroatoms. The third kappa shape index (κ3) is 2.28. The van der Waals surface area contributed by atoms with Gasteiger partial charge in [-0.15, -0.1) is 0 Å². The van der Waals surface area contributed by atoms with Crippen molar-refractivity contribution < 1.29 is 12.8 Å². The average Bonchev–Trinajstić information content (AvgIpc) is 2.95. The second kappa shape index (κ2) is 5.22. The Hall–Kier alpha value is -2.11. The SMILES string of the molecule is Cc1cc(S(=O)(=O)c2ccccc2)cc2c3c(oc12)CCNC3. The molecular formula is C18H17NO3S. The van der Waals surface area contributed by atoms with Gasteiger partial charge in [-0.1, -0.05) is 18.2 Å². The molecule has 118 valence electrons. The van der Waals surface area contributed by atoms with Crippen molar-refractivity contribution in [2.75, 3.05) is 6.54 Å². The molecular weight excluding hydrogens is 310 g/mol. The van der Waals surface area contributed by atoms with Gasteiger partial charge in [0.15, 0.2) is 0 Å². The molecule has 1 N–H and O–H groups in total. The van der Waals surface area contributed by atoms with E-state index in [-0.39, 0.29) is 0 Å². The van der Waals surface area contributed by atoms with E-state index in [0.717, 1.165) is 47.4 Å². The van der Waals surface area contributed by atoms with E-state index in [2.05, 4.69) is 5.32 Å². The number of benzene rings is 2. The van der Waals surface area contributed by atoms with Gasteiger partial charge in [-0.05, 0) is 36.8 Å². The first-order valence-corrected chi connectivity index (χ1v) is 9.11. The summed E-state index contributed by atoms with van der Waals surface area (Å²) >= 11 is 0. The standard InChI is InChI=1S/C18H17NO3S/c1-12-9-14(23(20,21)13-5-3-2-4-6-13)10-15-16-11-19-8-7-17(16)22-18(12)15/h2-6,9-10,19H,7-8,11H2,1H3. The lowest BCUT2D eigenvalue weighted by Gasteiger charge is -2.11. The summed E-state index contributed by atoms with van der Waals surface area (Å²) in [6.07, 6.45) is 0.838. The zero-order chi connectivity index (χ0) is 16.0. The molecule has 0 radical (unpaired) electrons. The van der Waals surface area contributed by atoms with Gasteiger partial charge in [0, 0.05) is 30.5 Å². The molecule has 2 heterocycles. The van der Waals surface area contributed by atoms with Crippen molar-refractivity contribution in [3.63, 3.8) is 0 Å². The fraction of sp³-hybridized carbons (Fsp3) is 0.222. The first kappa shape index (κ1) is 14.5. The quantitative estimate of drug-likeness (QED) is 0.785. The van der Waals surface area contributed by atoms with Crippen molar-refractivity contribution >= 4 is 20.8 Å². The van der Waals surface area contributed by atoms with Gasteiger partial charge >= 0.3 is 0 Å². The summed E-state index contributed by atoms with van der Waals surface area (Å²) in [7, 11) is -3.52. The van der Waals surface area contributed by atoms with Gasteiger partial charge in [0.25, 0.3) is 0 Å². The van der Waals surface area contributed by atoms with Crippen LogP contribution in [0.4, 0.5) is 0 Å². The number of aryl methyl sites for hydroxylation is 1. The van der Waals surface area contributed by atoms with Crippen LogP contribution in [-0.4, -0.2) is 15.0 Å². The molecule has 0 aliphatic carbocycles. The van der Waals surface area contributed by atoms with Crippen LogP contribution < -0.4 is 5.32 Å². The van der Waals surface area contributed by atoms with Crippen molar-refractivity contribution in [3.8, 4) is 0 Å². The topological polar surface area (TPSA) is 59.3 Å². The van der Waals surface area contributed by atoms with Crippen molar-refractivity contribution in [1.82, 2.24) is 5.32 Å². The number of nitrogens with one attached hydrogen (secondary N) is 1. The summed E-state index contributed by atoms with van der Waals surface area (Å²) in [6.45, 7) is 3.51. The molecule has 1 aliphatic heterocycles. The van der Waals surface area contributed by atoms with Crippen molar-refractivity contribution in [3.05, 3.63) is 59.4 Å². The number of hydrogen-bond donors (Lipinski definition) is 1. The minimum absolute atomic E-state index is 0.314. The van der Waals surface area contributed by atoms with E-state index >= 15 is 0 Å². The summed E-state index contributed by atoms with van der Waals surface area (Å²) in [5.74, 6) is 0.969. The fourth-order valence-corrected chi connectivity index (χ4v) is 4.53. The van der Waals surface area contributed by atoms with Gasteiger partial charge in [0.1, 0.15) is 11.3 Å². The van der Waals surface area contributed by atoms with Crippen LogP contribution in [0.15, 0.2) is 56.7 Å². The van der Waals surface area contributed by atoms with E-state index in [4.69, 9.17) is 4.42 Å². The maximum absolute atomic E-state index is 12.9. The second-order valence-corrected chi connectivity index (χ2v) is 7.81. The Morgan fingerprint density at radius 3 is 2.65 bits per heavy atom. The summed E-state index contributed by atoms with van der Waals surface area (Å²) < 4.78 is 31.7. The number of sulfone groups is 1. The van der Waals surface area contributed by atoms with Crippen LogP contribution in [0.2, 0.25) is 0 Å². The number of fused-ring (bicyclic) bond motifs is 3. The molecule has 0 bridgehead atoms. The highest BCUT2D eigenvalue weighted by Crippen LogP contribution is 2.34. The Morgan fingerprint density at radius 2 is 1.87 bits per heavy atom. The molecule has 1 aromatic heterocycles. The van der Waals surface area contributed by atoms with Gasteiger partial charge in [0.05, 0.1) is 9.79 Å². The Morgan fingerprint density at radius 1 is 1.09 bits per heavy atom. The maximum Gasteiger partial charge on any atom is 0.206 e. The lowest BCUT2D eigenvalue weighted by Crippen LogP contribution is -2.22. The fourth-order valence-electron chi connectivity index (χ4n) is 3.14. The number of furan rings is 1. The third-order valence-corrected chi connectivity index (χ3v) is 6.08. The van der Waals surface area contributed by atoms with E-state index in [9.17, 15) is 8.42 Å². The highest BCUT2D eigenvalue weighted by atomic mass is 32.2. The summed E-state index contributed by atoms with van der Waals surface area (Å²) in [6, 6.07) is 12.0. The van der Waals surface area contributed by atoms with Crippen LogP contribution in [0.3, 0.4) is 0 Å². The highest BCUT2D eigenvalue weighted by molar-refractivity contribution is 7.91. The second-order valence-electron chi connectivity index (χ2n) is 5.86. The van der Waals surface area contributed by atoms with Crippen LogP contribution in [0.1, 0.15) is 16.9 Å². The molecule has 0 fully saturated rings. The van der Waals surface area contributed by atoms with Gasteiger partial charge in [0.2, 0.25) is 9.84 Å². The normalized spacial score (nSPS) is 14.8. The molecule has 0 unspecified atom stereocenters. The minimum atomic E-state index is -3.52. The Kier molecular flexibility index (Phi) is 3.28. The lowest BCUT2D eigenvalue weighted by atomic mass is 10.0. The zero-order valence-electron chi connectivity index (χ0n) is 12.8. The monoisotopic (exact) mass is 327 g/mol.